The molecule has 2 aromatic rings. The van der Waals surface area contributed by atoms with E-state index in [4.69, 9.17) is 0 Å². The summed E-state index contributed by atoms with van der Waals surface area (Å²) in [4.78, 5) is 0. The van der Waals surface area contributed by atoms with E-state index in [0.29, 0.717) is 5.92 Å². The predicted octanol–water partition coefficient (Wildman–Crippen LogP) is 3.20. The van der Waals surface area contributed by atoms with Gasteiger partial charge in [0.05, 0.1) is 18.0 Å². The molecule has 0 saturated heterocycles. The Morgan fingerprint density at radius 1 is 1.10 bits per heavy atom. The van der Waals surface area contributed by atoms with E-state index in [1.165, 1.54) is 19.3 Å². The van der Waals surface area contributed by atoms with Crippen LogP contribution in [-0.2, 0) is 0 Å². The number of fused-ring (bicyclic) bond motifs is 5. The largest absolute Gasteiger partial charge is 0.388 e. The number of benzene rings is 1. The van der Waals surface area contributed by atoms with Crippen molar-refractivity contribution in [3.63, 3.8) is 0 Å². The van der Waals surface area contributed by atoms with Crippen molar-refractivity contribution < 1.29 is 5.11 Å². The van der Waals surface area contributed by atoms with Gasteiger partial charge in [-0.1, -0.05) is 18.2 Å². The Morgan fingerprint density at radius 2 is 1.81 bits per heavy atom. The van der Waals surface area contributed by atoms with Crippen LogP contribution in [0.15, 0.2) is 42.7 Å². The molecule has 3 saturated carbocycles. The Bertz CT molecular complexity index is 649. The lowest BCUT2D eigenvalue weighted by Gasteiger charge is -2.13. The van der Waals surface area contributed by atoms with Crippen molar-refractivity contribution >= 4 is 0 Å². The van der Waals surface area contributed by atoms with Crippen LogP contribution >= 0.6 is 0 Å². The van der Waals surface area contributed by atoms with Gasteiger partial charge in [-0.25, -0.2) is 4.68 Å². The Labute approximate surface area is 124 Å². The molecule has 1 aromatic carbocycles. The van der Waals surface area contributed by atoms with Gasteiger partial charge >= 0.3 is 0 Å². The highest BCUT2D eigenvalue weighted by Crippen LogP contribution is 2.72. The van der Waals surface area contributed by atoms with E-state index in [0.717, 1.165) is 34.9 Å². The van der Waals surface area contributed by atoms with E-state index in [1.807, 2.05) is 47.4 Å². The van der Waals surface area contributed by atoms with E-state index in [2.05, 4.69) is 5.10 Å². The van der Waals surface area contributed by atoms with E-state index < -0.39 is 0 Å². The quantitative estimate of drug-likeness (QED) is 0.937. The predicted molar refractivity (Wildman–Crippen MR) is 79.8 cm³/mol. The third kappa shape index (κ3) is 1.67. The number of nitrogens with zero attached hydrogens (tertiary/aromatic N) is 2. The molecule has 1 aromatic heterocycles. The first-order valence-electron chi connectivity index (χ1n) is 8.11. The molecule has 2 bridgehead atoms. The fourth-order valence-corrected chi connectivity index (χ4v) is 5.25. The van der Waals surface area contributed by atoms with Crippen LogP contribution in [0.5, 0.6) is 0 Å². The molecule has 3 heteroatoms. The number of rotatable bonds is 3. The molecule has 3 aliphatic rings. The number of aliphatic hydroxyl groups is 1. The molecule has 0 aliphatic heterocycles. The van der Waals surface area contributed by atoms with Crippen LogP contribution in [-0.4, -0.2) is 14.9 Å². The standard InChI is InChI=1S/C18H20N2O/c21-18(17-15-11-6-7-12(8-11)16(15)17)13-9-19-20(10-13)14-4-2-1-3-5-14/h1-5,9-12,15-18,21H,6-8H2. The monoisotopic (exact) mass is 280 g/mol. The van der Waals surface area contributed by atoms with Crippen LogP contribution in [0.4, 0.5) is 0 Å². The fraction of sp³-hybridized carbons (Fsp3) is 0.500. The molecule has 0 radical (unpaired) electrons. The number of aromatic nitrogens is 2. The maximum atomic E-state index is 10.7. The second-order valence-electron chi connectivity index (χ2n) is 7.06. The molecule has 1 N–H and O–H groups in total. The van der Waals surface area contributed by atoms with Crippen LogP contribution in [0.25, 0.3) is 5.69 Å². The smallest absolute Gasteiger partial charge is 0.0854 e. The molecule has 5 unspecified atom stereocenters. The average molecular weight is 280 g/mol. The van der Waals surface area contributed by atoms with Crippen LogP contribution in [0.3, 0.4) is 0 Å². The normalized spacial score (nSPS) is 37.5. The zero-order chi connectivity index (χ0) is 14.0. The van der Waals surface area contributed by atoms with Gasteiger partial charge in [0, 0.05) is 11.8 Å². The molecular weight excluding hydrogens is 260 g/mol. The van der Waals surface area contributed by atoms with E-state index in [9.17, 15) is 5.11 Å². The highest BCUT2D eigenvalue weighted by Gasteiger charge is 2.66. The zero-order valence-corrected chi connectivity index (χ0v) is 12.0. The van der Waals surface area contributed by atoms with E-state index in [1.54, 1.807) is 0 Å². The van der Waals surface area contributed by atoms with Gasteiger partial charge in [-0.15, -0.1) is 0 Å². The number of para-hydroxylation sites is 1. The highest BCUT2D eigenvalue weighted by atomic mass is 16.3. The van der Waals surface area contributed by atoms with E-state index in [-0.39, 0.29) is 6.10 Å². The van der Waals surface area contributed by atoms with Gasteiger partial charge in [0.25, 0.3) is 0 Å². The van der Waals surface area contributed by atoms with Crippen molar-refractivity contribution in [1.29, 1.82) is 0 Å². The third-order valence-corrected chi connectivity index (χ3v) is 6.12. The summed E-state index contributed by atoms with van der Waals surface area (Å²) in [5.41, 5.74) is 2.03. The zero-order valence-electron chi connectivity index (χ0n) is 12.0. The summed E-state index contributed by atoms with van der Waals surface area (Å²) < 4.78 is 1.87. The molecule has 0 spiro atoms. The lowest BCUT2D eigenvalue weighted by molar-refractivity contribution is 0.130. The van der Waals surface area contributed by atoms with Crippen molar-refractivity contribution in [2.24, 2.45) is 29.6 Å². The summed E-state index contributed by atoms with van der Waals surface area (Å²) in [5.74, 6) is 3.93. The molecule has 108 valence electrons. The van der Waals surface area contributed by atoms with Crippen molar-refractivity contribution in [3.8, 4) is 5.69 Å². The lowest BCUT2D eigenvalue weighted by Crippen LogP contribution is -2.07. The fourth-order valence-electron chi connectivity index (χ4n) is 5.25. The number of aliphatic hydroxyl groups excluding tert-OH is 1. The average Bonchev–Trinajstić information content (AvgIpc) is 2.93. The summed E-state index contributed by atoms with van der Waals surface area (Å²) in [6.07, 6.45) is 7.75. The minimum atomic E-state index is -0.319. The molecule has 3 nitrogen and oxygen atoms in total. The van der Waals surface area contributed by atoms with Crippen LogP contribution in [0.2, 0.25) is 0 Å². The summed E-state index contributed by atoms with van der Waals surface area (Å²) >= 11 is 0. The molecule has 5 atom stereocenters. The molecule has 3 aliphatic carbocycles. The van der Waals surface area contributed by atoms with Gasteiger partial charge in [0.2, 0.25) is 0 Å². The molecule has 3 fully saturated rings. The third-order valence-electron chi connectivity index (χ3n) is 6.12. The van der Waals surface area contributed by atoms with E-state index >= 15 is 0 Å². The van der Waals surface area contributed by atoms with Crippen LogP contribution < -0.4 is 0 Å². The van der Waals surface area contributed by atoms with Gasteiger partial charge < -0.3 is 5.11 Å². The Hall–Kier alpha value is -1.61. The van der Waals surface area contributed by atoms with Crippen molar-refractivity contribution in [1.82, 2.24) is 9.78 Å². The Morgan fingerprint density at radius 3 is 2.52 bits per heavy atom. The first-order valence-corrected chi connectivity index (χ1v) is 8.11. The lowest BCUT2D eigenvalue weighted by atomic mass is 9.96. The Balaban J connectivity index is 1.38. The maximum Gasteiger partial charge on any atom is 0.0854 e. The van der Waals surface area contributed by atoms with Crippen molar-refractivity contribution in [2.45, 2.75) is 25.4 Å². The molecule has 5 rings (SSSR count). The topological polar surface area (TPSA) is 38.1 Å². The molecule has 1 heterocycles. The minimum Gasteiger partial charge on any atom is -0.388 e. The van der Waals surface area contributed by atoms with Gasteiger partial charge in [0.15, 0.2) is 0 Å². The summed E-state index contributed by atoms with van der Waals surface area (Å²) in [6, 6.07) is 10.1. The second-order valence-corrected chi connectivity index (χ2v) is 7.06. The van der Waals surface area contributed by atoms with Crippen LogP contribution in [0, 0.1) is 29.6 Å². The first-order chi connectivity index (χ1) is 10.3. The van der Waals surface area contributed by atoms with Crippen molar-refractivity contribution in [3.05, 3.63) is 48.3 Å². The number of hydrogen-bond donors (Lipinski definition) is 1. The van der Waals surface area contributed by atoms with Gasteiger partial charge in [-0.05, 0) is 61.0 Å². The highest BCUT2D eigenvalue weighted by molar-refractivity contribution is 5.32. The minimum absolute atomic E-state index is 0.319. The summed E-state index contributed by atoms with van der Waals surface area (Å²) in [6.45, 7) is 0. The molecular formula is C18H20N2O. The second kappa shape index (κ2) is 4.20. The SMILES string of the molecule is OC(c1cnn(-c2ccccc2)c1)C1C2C3CCC(C3)C21. The first kappa shape index (κ1) is 12.0. The van der Waals surface area contributed by atoms with Gasteiger partial charge in [-0.2, -0.15) is 5.10 Å². The molecule has 21 heavy (non-hydrogen) atoms. The van der Waals surface area contributed by atoms with Gasteiger partial charge in [-0.3, -0.25) is 0 Å². The molecule has 0 amide bonds. The maximum absolute atomic E-state index is 10.7. The summed E-state index contributed by atoms with van der Waals surface area (Å²) in [7, 11) is 0. The van der Waals surface area contributed by atoms with Gasteiger partial charge in [0.1, 0.15) is 0 Å². The summed E-state index contributed by atoms with van der Waals surface area (Å²) in [5, 5.41) is 15.2. The Kier molecular flexibility index (Phi) is 2.40. The van der Waals surface area contributed by atoms with Crippen molar-refractivity contribution in [2.75, 3.05) is 0 Å². The van der Waals surface area contributed by atoms with Crippen LogP contribution in [0.1, 0.15) is 30.9 Å². The number of hydrogen-bond acceptors (Lipinski definition) is 2.